The molecule has 7 heteroatoms. The number of nitrogens with one attached hydrogen (secondary N) is 1. The lowest BCUT2D eigenvalue weighted by Gasteiger charge is -2.09. The molecule has 0 aromatic heterocycles. The first-order chi connectivity index (χ1) is 7.91. The number of nitro benzene ring substituents is 1. The van der Waals surface area contributed by atoms with Gasteiger partial charge < -0.3 is 15.5 Å². The summed E-state index contributed by atoms with van der Waals surface area (Å²) in [6, 6.07) is 2.54. The Labute approximate surface area is 103 Å². The number of phenols is 1. The molecule has 94 valence electrons. The van der Waals surface area contributed by atoms with Crippen LogP contribution in [0, 0.1) is 10.1 Å². The fourth-order valence-electron chi connectivity index (χ4n) is 1.33. The number of aliphatic hydroxyl groups excluding tert-OH is 1. The first-order valence-electron chi connectivity index (χ1n) is 4.96. The Kier molecular flexibility index (Phi) is 4.68. The van der Waals surface area contributed by atoms with Crippen molar-refractivity contribution in [3.8, 4) is 5.75 Å². The molecule has 6 nitrogen and oxygen atoms in total. The van der Waals surface area contributed by atoms with Crippen molar-refractivity contribution in [2.24, 2.45) is 0 Å². The molecule has 0 spiro atoms. The second kappa shape index (κ2) is 5.81. The minimum Gasteiger partial charge on any atom is -0.502 e. The van der Waals surface area contributed by atoms with Crippen LogP contribution in [0.3, 0.4) is 0 Å². The molecular formula is C10H13ClN2O4. The van der Waals surface area contributed by atoms with Crippen molar-refractivity contribution in [1.29, 1.82) is 0 Å². The third-order valence-corrected chi connectivity index (χ3v) is 2.30. The van der Waals surface area contributed by atoms with Crippen molar-refractivity contribution in [2.75, 3.05) is 6.54 Å². The Morgan fingerprint density at radius 3 is 2.76 bits per heavy atom. The molecule has 1 rings (SSSR count). The van der Waals surface area contributed by atoms with E-state index in [1.54, 1.807) is 6.92 Å². The largest absolute Gasteiger partial charge is 0.502 e. The summed E-state index contributed by atoms with van der Waals surface area (Å²) in [5, 5.41) is 32.3. The number of aliphatic hydroxyl groups is 1. The second-order valence-electron chi connectivity index (χ2n) is 3.67. The van der Waals surface area contributed by atoms with Gasteiger partial charge in [0.15, 0.2) is 5.75 Å². The quantitative estimate of drug-likeness (QED) is 0.550. The monoisotopic (exact) mass is 260 g/mol. The summed E-state index contributed by atoms with van der Waals surface area (Å²) in [4.78, 5) is 9.94. The molecule has 3 N–H and O–H groups in total. The molecule has 1 atom stereocenters. The molecule has 0 aliphatic carbocycles. The molecule has 0 aliphatic heterocycles. The highest BCUT2D eigenvalue weighted by Crippen LogP contribution is 2.33. The third-order valence-electron chi connectivity index (χ3n) is 2.09. The second-order valence-corrected chi connectivity index (χ2v) is 4.11. The van der Waals surface area contributed by atoms with E-state index in [-0.39, 0.29) is 11.6 Å². The number of halogens is 1. The zero-order chi connectivity index (χ0) is 13.0. The lowest BCUT2D eigenvalue weighted by Crippen LogP contribution is -2.23. The van der Waals surface area contributed by atoms with Crippen LogP contribution < -0.4 is 5.32 Å². The smallest absolute Gasteiger partial charge is 0.312 e. The molecule has 0 heterocycles. The zero-order valence-corrected chi connectivity index (χ0v) is 9.94. The van der Waals surface area contributed by atoms with Crippen molar-refractivity contribution in [3.63, 3.8) is 0 Å². The highest BCUT2D eigenvalue weighted by molar-refractivity contribution is 6.31. The average Bonchev–Trinajstić information content (AvgIpc) is 2.21. The molecule has 0 saturated carbocycles. The van der Waals surface area contributed by atoms with Gasteiger partial charge in [0.05, 0.1) is 11.0 Å². The van der Waals surface area contributed by atoms with Crippen LogP contribution in [-0.4, -0.2) is 27.8 Å². The van der Waals surface area contributed by atoms with E-state index in [1.807, 2.05) is 0 Å². The average molecular weight is 261 g/mol. The summed E-state index contributed by atoms with van der Waals surface area (Å²) in [6.45, 7) is 2.12. The maximum absolute atomic E-state index is 10.6. The standard InChI is InChI=1S/C10H13ClN2O4/c1-6(14)4-12-5-7-2-8(11)3-9(10(7)15)13(16)17/h2-3,6,12,14-15H,4-5H2,1H3. The van der Waals surface area contributed by atoms with Crippen LogP contribution in [0.4, 0.5) is 5.69 Å². The van der Waals surface area contributed by atoms with Crippen LogP contribution in [0.15, 0.2) is 12.1 Å². The number of benzene rings is 1. The summed E-state index contributed by atoms with van der Waals surface area (Å²) in [7, 11) is 0. The molecule has 1 unspecified atom stereocenters. The van der Waals surface area contributed by atoms with E-state index in [2.05, 4.69) is 5.32 Å². The highest BCUT2D eigenvalue weighted by atomic mass is 35.5. The predicted octanol–water partition coefficient (Wildman–Crippen LogP) is 1.42. The molecule has 0 bridgehead atoms. The third kappa shape index (κ3) is 3.85. The Morgan fingerprint density at radius 2 is 2.24 bits per heavy atom. The van der Waals surface area contributed by atoms with Gasteiger partial charge in [0.25, 0.3) is 0 Å². The molecule has 0 radical (unpaired) electrons. The molecule has 1 aromatic carbocycles. The summed E-state index contributed by atoms with van der Waals surface area (Å²) < 4.78 is 0. The SMILES string of the molecule is CC(O)CNCc1cc(Cl)cc([N+](=O)[O-])c1O. The van der Waals surface area contributed by atoms with Gasteiger partial charge in [0, 0.05) is 29.7 Å². The number of rotatable bonds is 5. The summed E-state index contributed by atoms with van der Waals surface area (Å²) in [6.07, 6.45) is -0.536. The van der Waals surface area contributed by atoms with Crippen molar-refractivity contribution in [1.82, 2.24) is 5.32 Å². The summed E-state index contributed by atoms with van der Waals surface area (Å²) in [5.41, 5.74) is -0.101. The van der Waals surface area contributed by atoms with Gasteiger partial charge in [-0.3, -0.25) is 10.1 Å². The number of phenolic OH excluding ortho intramolecular Hbond substituents is 1. The highest BCUT2D eigenvalue weighted by Gasteiger charge is 2.18. The number of hydrogen-bond acceptors (Lipinski definition) is 5. The number of hydrogen-bond donors (Lipinski definition) is 3. The molecule has 0 amide bonds. The van der Waals surface area contributed by atoms with E-state index in [4.69, 9.17) is 16.7 Å². The van der Waals surface area contributed by atoms with Gasteiger partial charge in [-0.25, -0.2) is 0 Å². The van der Waals surface area contributed by atoms with E-state index < -0.39 is 22.5 Å². The van der Waals surface area contributed by atoms with Gasteiger partial charge in [-0.15, -0.1) is 0 Å². The Morgan fingerprint density at radius 1 is 1.59 bits per heavy atom. The minimum absolute atomic E-state index is 0.184. The maximum atomic E-state index is 10.6. The lowest BCUT2D eigenvalue weighted by molar-refractivity contribution is -0.385. The summed E-state index contributed by atoms with van der Waals surface area (Å²) >= 11 is 5.71. The molecule has 0 saturated heterocycles. The lowest BCUT2D eigenvalue weighted by atomic mass is 10.1. The molecule has 17 heavy (non-hydrogen) atoms. The van der Waals surface area contributed by atoms with Crippen LogP contribution in [0.25, 0.3) is 0 Å². The van der Waals surface area contributed by atoms with Crippen LogP contribution in [0.2, 0.25) is 5.02 Å². The topological polar surface area (TPSA) is 95.6 Å². The molecule has 1 aromatic rings. The first-order valence-corrected chi connectivity index (χ1v) is 5.34. The molecular weight excluding hydrogens is 248 g/mol. The van der Waals surface area contributed by atoms with Gasteiger partial charge in [-0.2, -0.15) is 0 Å². The maximum Gasteiger partial charge on any atom is 0.312 e. The van der Waals surface area contributed by atoms with Gasteiger partial charge in [-0.05, 0) is 13.0 Å². The van der Waals surface area contributed by atoms with Crippen molar-refractivity contribution in [2.45, 2.75) is 19.6 Å². The van der Waals surface area contributed by atoms with Crippen LogP contribution in [-0.2, 0) is 6.54 Å². The number of nitro groups is 1. The number of nitrogens with zero attached hydrogens (tertiary/aromatic N) is 1. The van der Waals surface area contributed by atoms with Gasteiger partial charge in [-0.1, -0.05) is 11.6 Å². The van der Waals surface area contributed by atoms with Crippen LogP contribution in [0.5, 0.6) is 5.75 Å². The Hall–Kier alpha value is -1.37. The Balaban J connectivity index is 2.88. The van der Waals surface area contributed by atoms with Gasteiger partial charge in [0.2, 0.25) is 0 Å². The normalized spacial score (nSPS) is 12.4. The predicted molar refractivity (Wildman–Crippen MR) is 63.2 cm³/mol. The van der Waals surface area contributed by atoms with E-state index in [0.717, 1.165) is 6.07 Å². The number of aromatic hydroxyl groups is 1. The van der Waals surface area contributed by atoms with Crippen molar-refractivity contribution in [3.05, 3.63) is 32.8 Å². The molecule has 0 aliphatic rings. The zero-order valence-electron chi connectivity index (χ0n) is 9.18. The van der Waals surface area contributed by atoms with Crippen molar-refractivity contribution < 1.29 is 15.1 Å². The van der Waals surface area contributed by atoms with Gasteiger partial charge in [0.1, 0.15) is 0 Å². The van der Waals surface area contributed by atoms with Crippen LogP contribution >= 0.6 is 11.6 Å². The Bertz CT molecular complexity index is 423. The fraction of sp³-hybridized carbons (Fsp3) is 0.400. The fourth-order valence-corrected chi connectivity index (χ4v) is 1.56. The molecule has 0 fully saturated rings. The van der Waals surface area contributed by atoms with E-state index >= 15 is 0 Å². The van der Waals surface area contributed by atoms with E-state index in [1.165, 1.54) is 6.07 Å². The summed E-state index contributed by atoms with van der Waals surface area (Å²) in [5.74, 6) is -0.405. The van der Waals surface area contributed by atoms with E-state index in [9.17, 15) is 15.2 Å². The van der Waals surface area contributed by atoms with Crippen LogP contribution in [0.1, 0.15) is 12.5 Å². The van der Waals surface area contributed by atoms with E-state index in [0.29, 0.717) is 12.1 Å². The van der Waals surface area contributed by atoms with Crippen molar-refractivity contribution >= 4 is 17.3 Å². The van der Waals surface area contributed by atoms with Gasteiger partial charge >= 0.3 is 5.69 Å². The first kappa shape index (κ1) is 13.7. The minimum atomic E-state index is -0.695.